The number of nitrogens with zero attached hydrogens (tertiary/aromatic N) is 2. The molecule has 3 rings (SSSR count). The highest BCUT2D eigenvalue weighted by Crippen LogP contribution is 2.33. The van der Waals surface area contributed by atoms with Gasteiger partial charge in [-0.25, -0.2) is 0 Å². The van der Waals surface area contributed by atoms with Crippen LogP contribution in [-0.4, -0.2) is 30.9 Å². The second-order valence-electron chi connectivity index (χ2n) is 5.36. The summed E-state index contributed by atoms with van der Waals surface area (Å²) < 4.78 is 16.0. The third kappa shape index (κ3) is 2.47. The Morgan fingerprint density at radius 3 is 2.71 bits per heavy atom. The van der Waals surface area contributed by atoms with Crippen molar-refractivity contribution in [3.8, 4) is 22.9 Å². The Kier molecular flexibility index (Phi) is 3.55. The highest BCUT2D eigenvalue weighted by molar-refractivity contribution is 5.60. The molecule has 1 aromatic heterocycles. The number of methoxy groups -OCH3 is 2. The molecule has 1 aliphatic rings. The summed E-state index contributed by atoms with van der Waals surface area (Å²) in [5.41, 5.74) is 0.617. The standard InChI is InChI=1S/C15H19N3O3/c1-15(7-4-8-16-15)14-17-13(18-21-14)10-5-6-11(19-2)12(9-10)20-3/h5-6,9,16H,4,7-8H2,1-3H3. The van der Waals surface area contributed by atoms with Crippen LogP contribution >= 0.6 is 0 Å². The van der Waals surface area contributed by atoms with Gasteiger partial charge in [-0.1, -0.05) is 5.16 Å². The molecule has 0 aliphatic carbocycles. The molecule has 6 nitrogen and oxygen atoms in total. The van der Waals surface area contributed by atoms with E-state index in [1.165, 1.54) is 0 Å². The molecular weight excluding hydrogens is 270 g/mol. The minimum absolute atomic E-state index is 0.220. The Labute approximate surface area is 123 Å². The lowest BCUT2D eigenvalue weighted by Gasteiger charge is -2.18. The highest BCUT2D eigenvalue weighted by Gasteiger charge is 2.35. The van der Waals surface area contributed by atoms with Crippen LogP contribution in [0.3, 0.4) is 0 Å². The van der Waals surface area contributed by atoms with Crippen LogP contribution in [0.25, 0.3) is 11.4 Å². The fourth-order valence-corrected chi connectivity index (χ4v) is 2.62. The Morgan fingerprint density at radius 2 is 2.05 bits per heavy atom. The molecule has 1 atom stereocenters. The molecule has 0 amide bonds. The largest absolute Gasteiger partial charge is 0.493 e. The number of rotatable bonds is 4. The number of hydrogen-bond acceptors (Lipinski definition) is 6. The molecule has 1 saturated heterocycles. The zero-order valence-electron chi connectivity index (χ0n) is 12.5. The molecule has 0 radical (unpaired) electrons. The lowest BCUT2D eigenvalue weighted by molar-refractivity contribution is 0.275. The third-order valence-corrected chi connectivity index (χ3v) is 3.91. The third-order valence-electron chi connectivity index (χ3n) is 3.91. The summed E-state index contributed by atoms with van der Waals surface area (Å²) in [6, 6.07) is 5.57. The minimum atomic E-state index is -0.220. The molecule has 2 aromatic rings. The first-order valence-electron chi connectivity index (χ1n) is 6.98. The van der Waals surface area contributed by atoms with Crippen LogP contribution in [0.15, 0.2) is 22.7 Å². The molecule has 1 fully saturated rings. The van der Waals surface area contributed by atoms with Gasteiger partial charge in [0, 0.05) is 5.56 Å². The molecule has 1 unspecified atom stereocenters. The number of benzene rings is 1. The summed E-state index contributed by atoms with van der Waals surface area (Å²) in [5, 5.41) is 7.50. The lowest BCUT2D eigenvalue weighted by atomic mass is 10.0. The zero-order chi connectivity index (χ0) is 14.9. The van der Waals surface area contributed by atoms with Gasteiger partial charge in [0.1, 0.15) is 0 Å². The summed E-state index contributed by atoms with van der Waals surface area (Å²) in [6.07, 6.45) is 2.12. The van der Waals surface area contributed by atoms with Gasteiger partial charge in [-0.15, -0.1) is 0 Å². The molecule has 1 N–H and O–H groups in total. The SMILES string of the molecule is COc1ccc(-c2noc(C3(C)CCCN3)n2)cc1OC. The molecule has 0 bridgehead atoms. The molecule has 0 spiro atoms. The summed E-state index contributed by atoms with van der Waals surface area (Å²) in [7, 11) is 3.21. The van der Waals surface area contributed by atoms with Gasteiger partial charge in [0.25, 0.3) is 0 Å². The van der Waals surface area contributed by atoms with Crippen LogP contribution in [-0.2, 0) is 5.54 Å². The van der Waals surface area contributed by atoms with Gasteiger partial charge in [0.05, 0.1) is 19.8 Å². The Bertz CT molecular complexity index is 633. The Balaban J connectivity index is 1.93. The highest BCUT2D eigenvalue weighted by atomic mass is 16.5. The van der Waals surface area contributed by atoms with Gasteiger partial charge in [-0.05, 0) is 44.5 Å². The molecule has 2 heterocycles. The monoisotopic (exact) mass is 289 g/mol. The minimum Gasteiger partial charge on any atom is -0.493 e. The average Bonchev–Trinajstić information content (AvgIpc) is 3.16. The number of aromatic nitrogens is 2. The van der Waals surface area contributed by atoms with Crippen molar-refractivity contribution in [1.82, 2.24) is 15.5 Å². The van der Waals surface area contributed by atoms with Crippen LogP contribution in [0.2, 0.25) is 0 Å². The van der Waals surface area contributed by atoms with Gasteiger partial charge in [-0.3, -0.25) is 0 Å². The first-order chi connectivity index (χ1) is 10.2. The van der Waals surface area contributed by atoms with Gasteiger partial charge in [0.15, 0.2) is 11.5 Å². The fraction of sp³-hybridized carbons (Fsp3) is 0.467. The van der Waals surface area contributed by atoms with Crippen molar-refractivity contribution >= 4 is 0 Å². The van der Waals surface area contributed by atoms with Crippen LogP contribution in [0.4, 0.5) is 0 Å². The van der Waals surface area contributed by atoms with Crippen molar-refractivity contribution in [3.05, 3.63) is 24.1 Å². The van der Waals surface area contributed by atoms with Crippen molar-refractivity contribution < 1.29 is 14.0 Å². The van der Waals surface area contributed by atoms with Crippen LogP contribution in [0, 0.1) is 0 Å². The molecular formula is C15H19N3O3. The molecule has 6 heteroatoms. The topological polar surface area (TPSA) is 69.4 Å². The summed E-state index contributed by atoms with van der Waals surface area (Å²) >= 11 is 0. The normalized spacial score (nSPS) is 21.5. The van der Waals surface area contributed by atoms with E-state index in [4.69, 9.17) is 14.0 Å². The van der Waals surface area contributed by atoms with E-state index in [1.54, 1.807) is 14.2 Å². The van der Waals surface area contributed by atoms with E-state index >= 15 is 0 Å². The van der Waals surface area contributed by atoms with Crippen LogP contribution in [0.5, 0.6) is 11.5 Å². The maximum absolute atomic E-state index is 5.44. The summed E-state index contributed by atoms with van der Waals surface area (Å²) in [4.78, 5) is 4.53. The fourth-order valence-electron chi connectivity index (χ4n) is 2.62. The maximum atomic E-state index is 5.44. The molecule has 21 heavy (non-hydrogen) atoms. The number of hydrogen-bond donors (Lipinski definition) is 1. The average molecular weight is 289 g/mol. The quantitative estimate of drug-likeness (QED) is 0.931. The summed E-state index contributed by atoms with van der Waals surface area (Å²) in [6.45, 7) is 3.07. The molecule has 1 aliphatic heterocycles. The van der Waals surface area contributed by atoms with Crippen molar-refractivity contribution in [2.24, 2.45) is 0 Å². The van der Waals surface area contributed by atoms with Gasteiger partial charge in [0.2, 0.25) is 11.7 Å². The smallest absolute Gasteiger partial charge is 0.246 e. The van der Waals surface area contributed by atoms with Crippen LogP contribution in [0.1, 0.15) is 25.7 Å². The van der Waals surface area contributed by atoms with Crippen molar-refractivity contribution in [2.45, 2.75) is 25.3 Å². The first-order valence-corrected chi connectivity index (χ1v) is 6.98. The van der Waals surface area contributed by atoms with E-state index in [-0.39, 0.29) is 5.54 Å². The number of ether oxygens (including phenoxy) is 2. The van der Waals surface area contributed by atoms with Crippen molar-refractivity contribution in [3.63, 3.8) is 0 Å². The lowest BCUT2D eigenvalue weighted by Crippen LogP contribution is -2.33. The van der Waals surface area contributed by atoms with E-state index in [2.05, 4.69) is 22.4 Å². The second-order valence-corrected chi connectivity index (χ2v) is 5.36. The van der Waals surface area contributed by atoms with E-state index in [0.717, 1.165) is 24.9 Å². The van der Waals surface area contributed by atoms with E-state index in [1.807, 2.05) is 18.2 Å². The number of nitrogens with one attached hydrogen (secondary N) is 1. The van der Waals surface area contributed by atoms with Crippen molar-refractivity contribution in [1.29, 1.82) is 0 Å². The van der Waals surface area contributed by atoms with Gasteiger partial charge < -0.3 is 19.3 Å². The first kappa shape index (κ1) is 13.9. The van der Waals surface area contributed by atoms with E-state index in [9.17, 15) is 0 Å². The predicted molar refractivity (Wildman–Crippen MR) is 77.4 cm³/mol. The Hall–Kier alpha value is -2.08. The van der Waals surface area contributed by atoms with Crippen LogP contribution < -0.4 is 14.8 Å². The van der Waals surface area contributed by atoms with Gasteiger partial charge >= 0.3 is 0 Å². The van der Waals surface area contributed by atoms with E-state index in [0.29, 0.717) is 23.2 Å². The predicted octanol–water partition coefficient (Wildman–Crippen LogP) is 2.35. The van der Waals surface area contributed by atoms with E-state index < -0.39 is 0 Å². The van der Waals surface area contributed by atoms with Gasteiger partial charge in [-0.2, -0.15) is 4.98 Å². The zero-order valence-corrected chi connectivity index (χ0v) is 12.5. The summed E-state index contributed by atoms with van der Waals surface area (Å²) in [5.74, 6) is 2.51. The Morgan fingerprint density at radius 1 is 1.24 bits per heavy atom. The second kappa shape index (κ2) is 5.37. The molecule has 112 valence electrons. The molecule has 1 aromatic carbocycles. The maximum Gasteiger partial charge on any atom is 0.246 e. The molecule has 0 saturated carbocycles. The van der Waals surface area contributed by atoms with Crippen molar-refractivity contribution in [2.75, 3.05) is 20.8 Å².